The molecular weight excluding hydrogens is 335 g/mol. The molecule has 3 rings (SSSR count). The van der Waals surface area contributed by atoms with Crippen molar-refractivity contribution in [3.63, 3.8) is 0 Å². The molecule has 23 heavy (non-hydrogen) atoms. The standard InChI is InChI=1S/C18H12Cl2O3/c19-13-7-5-12(15(20)9-13)10-23-16-8-6-11-3-1-2-4-14(11)17(16)18(21)22/h1-9H,10H2,(H,21,22). The molecule has 0 saturated carbocycles. The number of aromatic carboxylic acids is 1. The lowest BCUT2D eigenvalue weighted by molar-refractivity contribution is 0.0694. The summed E-state index contributed by atoms with van der Waals surface area (Å²) in [5.74, 6) is -0.721. The molecule has 116 valence electrons. The summed E-state index contributed by atoms with van der Waals surface area (Å²) in [4.78, 5) is 11.6. The van der Waals surface area contributed by atoms with Crippen LogP contribution in [0.5, 0.6) is 5.75 Å². The van der Waals surface area contributed by atoms with E-state index in [0.717, 1.165) is 10.9 Å². The summed E-state index contributed by atoms with van der Waals surface area (Å²) >= 11 is 12.0. The number of carboxylic acids is 1. The Hall–Kier alpha value is -2.23. The Bertz CT molecular complexity index is 891. The molecule has 5 heteroatoms. The van der Waals surface area contributed by atoms with Gasteiger partial charge in [0.1, 0.15) is 17.9 Å². The molecule has 0 radical (unpaired) electrons. The highest BCUT2D eigenvalue weighted by Gasteiger charge is 2.16. The van der Waals surface area contributed by atoms with Crippen molar-refractivity contribution in [3.05, 3.63) is 75.8 Å². The van der Waals surface area contributed by atoms with E-state index in [4.69, 9.17) is 27.9 Å². The Morgan fingerprint density at radius 3 is 2.57 bits per heavy atom. The molecule has 0 saturated heterocycles. The highest BCUT2D eigenvalue weighted by atomic mass is 35.5. The first kappa shape index (κ1) is 15.7. The molecule has 0 aliphatic rings. The van der Waals surface area contributed by atoms with Crippen LogP contribution in [0.2, 0.25) is 10.0 Å². The lowest BCUT2D eigenvalue weighted by Crippen LogP contribution is -2.04. The Kier molecular flexibility index (Phi) is 4.42. The van der Waals surface area contributed by atoms with Crippen molar-refractivity contribution in [2.45, 2.75) is 6.61 Å². The zero-order chi connectivity index (χ0) is 16.4. The average Bonchev–Trinajstić information content (AvgIpc) is 2.53. The van der Waals surface area contributed by atoms with Crippen LogP contribution in [0, 0.1) is 0 Å². The van der Waals surface area contributed by atoms with Crippen molar-refractivity contribution in [2.24, 2.45) is 0 Å². The van der Waals surface area contributed by atoms with E-state index in [1.54, 1.807) is 36.4 Å². The fraction of sp³-hybridized carbons (Fsp3) is 0.0556. The lowest BCUT2D eigenvalue weighted by atomic mass is 10.0. The van der Waals surface area contributed by atoms with Gasteiger partial charge in [0.05, 0.1) is 0 Å². The molecule has 0 unspecified atom stereocenters. The first-order valence-electron chi connectivity index (χ1n) is 6.88. The van der Waals surface area contributed by atoms with E-state index in [1.165, 1.54) is 0 Å². The maximum atomic E-state index is 11.6. The van der Waals surface area contributed by atoms with Crippen LogP contribution in [0.4, 0.5) is 0 Å². The number of rotatable bonds is 4. The fourth-order valence-corrected chi connectivity index (χ4v) is 2.85. The number of fused-ring (bicyclic) bond motifs is 1. The monoisotopic (exact) mass is 346 g/mol. The van der Waals surface area contributed by atoms with Gasteiger partial charge in [-0.15, -0.1) is 0 Å². The van der Waals surface area contributed by atoms with Crippen molar-refractivity contribution in [3.8, 4) is 5.75 Å². The average molecular weight is 347 g/mol. The molecule has 0 amide bonds. The van der Waals surface area contributed by atoms with Crippen LogP contribution in [-0.2, 0) is 6.61 Å². The van der Waals surface area contributed by atoms with Gasteiger partial charge in [-0.1, -0.05) is 59.6 Å². The van der Waals surface area contributed by atoms with E-state index in [0.29, 0.717) is 21.2 Å². The zero-order valence-electron chi connectivity index (χ0n) is 11.9. The van der Waals surface area contributed by atoms with Crippen LogP contribution in [0.15, 0.2) is 54.6 Å². The SMILES string of the molecule is O=C(O)c1c(OCc2ccc(Cl)cc2Cl)ccc2ccccc12. The first-order chi connectivity index (χ1) is 11.1. The normalized spacial score (nSPS) is 10.7. The minimum Gasteiger partial charge on any atom is -0.488 e. The number of hydrogen-bond donors (Lipinski definition) is 1. The van der Waals surface area contributed by atoms with Gasteiger partial charge in [0.25, 0.3) is 0 Å². The molecule has 0 fully saturated rings. The maximum Gasteiger partial charge on any atom is 0.340 e. The molecule has 3 aromatic carbocycles. The van der Waals surface area contributed by atoms with Crippen molar-refractivity contribution < 1.29 is 14.6 Å². The number of carbonyl (C=O) groups is 1. The third-order valence-electron chi connectivity index (χ3n) is 3.50. The third kappa shape index (κ3) is 3.26. The van der Waals surface area contributed by atoms with Gasteiger partial charge in [-0.25, -0.2) is 4.79 Å². The molecule has 0 heterocycles. The smallest absolute Gasteiger partial charge is 0.340 e. The van der Waals surface area contributed by atoms with E-state index >= 15 is 0 Å². The summed E-state index contributed by atoms with van der Waals surface area (Å²) in [6.45, 7) is 0.161. The summed E-state index contributed by atoms with van der Waals surface area (Å²) in [5, 5.41) is 12.0. The van der Waals surface area contributed by atoms with Crippen LogP contribution < -0.4 is 4.74 Å². The lowest BCUT2D eigenvalue weighted by Gasteiger charge is -2.12. The highest BCUT2D eigenvalue weighted by molar-refractivity contribution is 6.35. The second-order valence-corrected chi connectivity index (χ2v) is 5.83. The van der Waals surface area contributed by atoms with E-state index in [1.807, 2.05) is 18.2 Å². The Morgan fingerprint density at radius 2 is 1.83 bits per heavy atom. The van der Waals surface area contributed by atoms with Crippen molar-refractivity contribution in [1.82, 2.24) is 0 Å². The Balaban J connectivity index is 1.96. The van der Waals surface area contributed by atoms with Crippen molar-refractivity contribution >= 4 is 39.9 Å². The minimum atomic E-state index is -1.03. The maximum absolute atomic E-state index is 11.6. The molecule has 0 aliphatic carbocycles. The predicted octanol–water partition coefficient (Wildman–Crippen LogP) is 5.42. The van der Waals surface area contributed by atoms with Crippen molar-refractivity contribution in [1.29, 1.82) is 0 Å². The molecule has 3 aromatic rings. The molecule has 0 bridgehead atoms. The van der Waals surface area contributed by atoms with Gasteiger partial charge >= 0.3 is 5.97 Å². The van der Waals surface area contributed by atoms with E-state index < -0.39 is 5.97 Å². The summed E-state index contributed by atoms with van der Waals surface area (Å²) in [7, 11) is 0. The zero-order valence-corrected chi connectivity index (χ0v) is 13.4. The molecule has 1 N–H and O–H groups in total. The fourth-order valence-electron chi connectivity index (χ4n) is 2.39. The predicted molar refractivity (Wildman–Crippen MR) is 91.7 cm³/mol. The molecule has 0 aromatic heterocycles. The van der Waals surface area contributed by atoms with Crippen LogP contribution in [0.25, 0.3) is 10.8 Å². The van der Waals surface area contributed by atoms with Gasteiger partial charge in [-0.2, -0.15) is 0 Å². The van der Waals surface area contributed by atoms with E-state index in [9.17, 15) is 9.90 Å². The first-order valence-corrected chi connectivity index (χ1v) is 7.63. The van der Waals surface area contributed by atoms with Crippen molar-refractivity contribution in [2.75, 3.05) is 0 Å². The van der Waals surface area contributed by atoms with Gasteiger partial charge < -0.3 is 9.84 Å². The van der Waals surface area contributed by atoms with Crippen LogP contribution >= 0.6 is 23.2 Å². The number of hydrogen-bond acceptors (Lipinski definition) is 2. The number of halogens is 2. The molecule has 3 nitrogen and oxygen atoms in total. The van der Waals surface area contributed by atoms with Crippen LogP contribution in [0.3, 0.4) is 0 Å². The van der Waals surface area contributed by atoms with Gasteiger partial charge in [-0.3, -0.25) is 0 Å². The minimum absolute atomic E-state index is 0.146. The topological polar surface area (TPSA) is 46.5 Å². The molecule has 0 spiro atoms. The summed E-state index contributed by atoms with van der Waals surface area (Å²) in [5.41, 5.74) is 0.883. The van der Waals surface area contributed by atoms with Gasteiger partial charge in [0.2, 0.25) is 0 Å². The second-order valence-electron chi connectivity index (χ2n) is 4.99. The second kappa shape index (κ2) is 6.49. The summed E-state index contributed by atoms with van der Waals surface area (Å²) < 4.78 is 5.70. The van der Waals surface area contributed by atoms with Crippen LogP contribution in [-0.4, -0.2) is 11.1 Å². The van der Waals surface area contributed by atoms with E-state index in [-0.39, 0.29) is 12.2 Å². The molecule has 0 atom stereocenters. The quantitative estimate of drug-likeness (QED) is 0.685. The molecular formula is C18H12Cl2O3. The third-order valence-corrected chi connectivity index (χ3v) is 4.09. The van der Waals surface area contributed by atoms with Gasteiger partial charge in [0.15, 0.2) is 0 Å². The van der Waals surface area contributed by atoms with Gasteiger partial charge in [0, 0.05) is 15.6 Å². The van der Waals surface area contributed by atoms with Gasteiger partial charge in [-0.05, 0) is 29.0 Å². The number of benzene rings is 3. The molecule has 0 aliphatic heterocycles. The van der Waals surface area contributed by atoms with Crippen LogP contribution in [0.1, 0.15) is 15.9 Å². The number of ether oxygens (including phenoxy) is 1. The largest absolute Gasteiger partial charge is 0.488 e. The Labute approximate surface area is 143 Å². The highest BCUT2D eigenvalue weighted by Crippen LogP contribution is 2.30. The Morgan fingerprint density at radius 1 is 1.04 bits per heavy atom. The number of carboxylic acid groups (broad SMARTS) is 1. The van der Waals surface area contributed by atoms with E-state index in [2.05, 4.69) is 0 Å². The summed E-state index contributed by atoms with van der Waals surface area (Å²) in [6, 6.07) is 15.9. The summed E-state index contributed by atoms with van der Waals surface area (Å²) in [6.07, 6.45) is 0.